The Bertz CT molecular complexity index is 984. The van der Waals surface area contributed by atoms with Crippen molar-refractivity contribution in [1.82, 2.24) is 14.3 Å². The highest BCUT2D eigenvalue weighted by atomic mass is 32.1. The molecule has 3 heterocycles. The number of anilines is 1. The molecule has 1 aromatic heterocycles. The Labute approximate surface area is 177 Å². The Morgan fingerprint density at radius 3 is 2.77 bits per heavy atom. The number of nitrogens with zero attached hydrogens (tertiary/aromatic N) is 3. The Balaban J connectivity index is 1.35. The molecule has 2 aliphatic heterocycles. The maximum atomic E-state index is 12.5. The van der Waals surface area contributed by atoms with Crippen LogP contribution in [0.5, 0.6) is 0 Å². The average molecular weight is 433 g/mol. The van der Waals surface area contributed by atoms with Gasteiger partial charge in [-0.15, -0.1) is 0 Å². The number of carbonyl (C=O) groups is 2. The fourth-order valence-corrected chi connectivity index (χ4v) is 4.54. The number of amides is 1. The molecule has 0 radical (unpaired) electrons. The number of aliphatic hydroxyl groups excluding tert-OH is 1. The monoisotopic (exact) mass is 432 g/mol. The van der Waals surface area contributed by atoms with Crippen LogP contribution in [0.25, 0.3) is 0 Å². The van der Waals surface area contributed by atoms with E-state index >= 15 is 0 Å². The summed E-state index contributed by atoms with van der Waals surface area (Å²) in [6.45, 7) is 5.18. The van der Waals surface area contributed by atoms with E-state index in [1.807, 2.05) is 11.8 Å². The molecule has 2 aromatic rings. The fraction of sp³-hybridized carbons (Fsp3) is 0.500. The molecule has 1 amide bonds. The van der Waals surface area contributed by atoms with Crippen molar-refractivity contribution in [3.05, 3.63) is 40.2 Å². The van der Waals surface area contributed by atoms with Crippen molar-refractivity contribution in [3.8, 4) is 0 Å². The number of likely N-dealkylation sites (tertiary alicyclic amines) is 1. The van der Waals surface area contributed by atoms with Gasteiger partial charge in [0.2, 0.25) is 5.13 Å². The molecule has 1 fully saturated rings. The summed E-state index contributed by atoms with van der Waals surface area (Å²) in [4.78, 5) is 30.3. The molecule has 9 nitrogen and oxygen atoms in total. The normalized spacial score (nSPS) is 19.3. The molecule has 0 spiro atoms. The van der Waals surface area contributed by atoms with E-state index in [0.717, 1.165) is 28.2 Å². The van der Waals surface area contributed by atoms with Crippen LogP contribution < -0.4 is 5.32 Å². The van der Waals surface area contributed by atoms with Gasteiger partial charge in [-0.3, -0.25) is 10.1 Å². The van der Waals surface area contributed by atoms with Gasteiger partial charge in [0.05, 0.1) is 11.7 Å². The minimum absolute atomic E-state index is 0.237. The number of nitrogens with one attached hydrogen (secondary N) is 1. The third-order valence-corrected chi connectivity index (χ3v) is 6.57. The second-order valence-electron chi connectivity index (χ2n) is 7.83. The van der Waals surface area contributed by atoms with Crippen molar-refractivity contribution in [2.24, 2.45) is 0 Å². The number of esters is 1. The van der Waals surface area contributed by atoms with Gasteiger partial charge in [0, 0.05) is 36.7 Å². The molecule has 3 N–H and O–H groups in total. The summed E-state index contributed by atoms with van der Waals surface area (Å²) in [5.41, 5.74) is 1.54. The average Bonchev–Trinajstić information content (AvgIpc) is 3.30. The first-order valence-corrected chi connectivity index (χ1v) is 10.6. The lowest BCUT2D eigenvalue weighted by Crippen LogP contribution is -2.52. The van der Waals surface area contributed by atoms with Gasteiger partial charge in [-0.25, -0.2) is 9.78 Å². The van der Waals surface area contributed by atoms with Crippen LogP contribution in [-0.2, 0) is 16.1 Å². The number of aryl methyl sites for hydroxylation is 1. The van der Waals surface area contributed by atoms with Gasteiger partial charge in [0.25, 0.3) is 5.91 Å². The van der Waals surface area contributed by atoms with Crippen molar-refractivity contribution >= 4 is 28.5 Å². The van der Waals surface area contributed by atoms with E-state index in [-0.39, 0.29) is 25.4 Å². The lowest BCUT2D eigenvalue weighted by atomic mass is 9.89. The lowest BCUT2D eigenvalue weighted by Gasteiger charge is -2.37. The lowest BCUT2D eigenvalue weighted by molar-refractivity contribution is -0.139. The van der Waals surface area contributed by atoms with Crippen molar-refractivity contribution in [2.75, 3.05) is 25.0 Å². The minimum atomic E-state index is -1.47. The van der Waals surface area contributed by atoms with Gasteiger partial charge < -0.3 is 19.8 Å². The van der Waals surface area contributed by atoms with Gasteiger partial charge in [-0.1, -0.05) is 6.07 Å². The summed E-state index contributed by atoms with van der Waals surface area (Å²) >= 11 is 1.08. The molecule has 0 aliphatic carbocycles. The van der Waals surface area contributed by atoms with Crippen molar-refractivity contribution < 1.29 is 24.5 Å². The van der Waals surface area contributed by atoms with Gasteiger partial charge in [0.1, 0.15) is 18.0 Å². The van der Waals surface area contributed by atoms with E-state index in [2.05, 4.69) is 14.7 Å². The predicted molar refractivity (Wildman–Crippen MR) is 109 cm³/mol. The predicted octanol–water partition coefficient (Wildman–Crippen LogP) is 1.32. The number of carbonyl (C=O) groups excluding carboxylic acids is 2. The molecule has 0 bridgehead atoms. The Morgan fingerprint density at radius 1 is 1.37 bits per heavy atom. The van der Waals surface area contributed by atoms with Crippen LogP contribution in [0.15, 0.2) is 12.1 Å². The smallest absolute Gasteiger partial charge is 0.338 e. The highest BCUT2D eigenvalue weighted by Gasteiger charge is 2.40. The number of piperidine rings is 1. The molecule has 2 aliphatic rings. The third-order valence-electron chi connectivity index (χ3n) is 5.85. The second-order valence-corrected chi connectivity index (χ2v) is 8.58. The number of ether oxygens (including phenoxy) is 1. The molecule has 10 heteroatoms. The number of hydrogen-bond donors (Lipinski definition) is 3. The summed E-state index contributed by atoms with van der Waals surface area (Å²) in [5.74, 6) is -0.228. The van der Waals surface area contributed by atoms with Crippen LogP contribution in [0, 0.1) is 13.8 Å². The topological polar surface area (TPSA) is 125 Å². The van der Waals surface area contributed by atoms with E-state index in [0.29, 0.717) is 36.2 Å². The van der Waals surface area contributed by atoms with E-state index < -0.39 is 17.6 Å². The van der Waals surface area contributed by atoms with E-state index in [1.165, 1.54) is 0 Å². The summed E-state index contributed by atoms with van der Waals surface area (Å²) in [5, 5.41) is 24.5. The standard InChI is InChI=1S/C20H24N4O5S/c1-11-13(3-4-14-15(11)10-29-17(14)26)16(25)9-24-7-5-20(28,6-8-24)18(27)22-19-21-12(2)23-30-19/h3-4,16,25,28H,5-10H2,1-2H3,(H,21,22,23,27). The van der Waals surface area contributed by atoms with E-state index in [9.17, 15) is 19.8 Å². The zero-order valence-corrected chi connectivity index (χ0v) is 17.7. The second kappa shape index (κ2) is 8.03. The van der Waals surface area contributed by atoms with E-state index in [4.69, 9.17) is 4.74 Å². The quantitative estimate of drug-likeness (QED) is 0.604. The number of benzene rings is 1. The molecule has 0 saturated carbocycles. The highest BCUT2D eigenvalue weighted by Crippen LogP contribution is 2.31. The minimum Gasteiger partial charge on any atom is -0.457 e. The van der Waals surface area contributed by atoms with Crippen LogP contribution in [0.1, 0.15) is 51.8 Å². The van der Waals surface area contributed by atoms with Crippen LogP contribution in [0.4, 0.5) is 5.13 Å². The van der Waals surface area contributed by atoms with Crippen LogP contribution in [0.2, 0.25) is 0 Å². The summed E-state index contributed by atoms with van der Waals surface area (Å²) in [6.07, 6.45) is -0.223. The number of fused-ring (bicyclic) bond motifs is 1. The van der Waals surface area contributed by atoms with Crippen molar-refractivity contribution in [1.29, 1.82) is 0 Å². The zero-order valence-electron chi connectivity index (χ0n) is 16.8. The van der Waals surface area contributed by atoms with Crippen LogP contribution >= 0.6 is 11.5 Å². The molecule has 1 aromatic carbocycles. The van der Waals surface area contributed by atoms with Crippen LogP contribution in [0.3, 0.4) is 0 Å². The SMILES string of the molecule is Cc1nsc(NC(=O)C2(O)CCN(CC(O)c3ccc4c(c3C)COC4=O)CC2)n1. The Hall–Kier alpha value is -2.40. The third kappa shape index (κ3) is 3.95. The molecular weight excluding hydrogens is 408 g/mol. The summed E-state index contributed by atoms with van der Waals surface area (Å²) in [7, 11) is 0. The summed E-state index contributed by atoms with van der Waals surface area (Å²) in [6, 6.07) is 3.47. The van der Waals surface area contributed by atoms with Gasteiger partial charge in [-0.05, 0) is 43.9 Å². The highest BCUT2D eigenvalue weighted by molar-refractivity contribution is 7.09. The molecule has 160 valence electrons. The first-order chi connectivity index (χ1) is 14.3. The molecule has 4 rings (SSSR count). The molecule has 30 heavy (non-hydrogen) atoms. The fourth-order valence-electron chi connectivity index (χ4n) is 3.97. The molecule has 1 atom stereocenters. The van der Waals surface area contributed by atoms with Crippen molar-refractivity contribution in [3.63, 3.8) is 0 Å². The first kappa shape index (κ1) is 20.9. The molecular formula is C20H24N4O5S. The number of β-amino-alcohol motifs (C(OH)–C–C–N with tert-alkyl or cyclic N) is 1. The number of rotatable bonds is 5. The molecule has 1 unspecified atom stereocenters. The Kier molecular flexibility index (Phi) is 5.58. The number of aromatic nitrogens is 2. The van der Waals surface area contributed by atoms with Gasteiger partial charge in [-0.2, -0.15) is 4.37 Å². The maximum absolute atomic E-state index is 12.5. The number of aliphatic hydroxyl groups is 2. The van der Waals surface area contributed by atoms with Gasteiger partial charge in [0.15, 0.2) is 0 Å². The summed E-state index contributed by atoms with van der Waals surface area (Å²) < 4.78 is 9.09. The zero-order chi connectivity index (χ0) is 21.5. The van der Waals surface area contributed by atoms with Crippen LogP contribution in [-0.4, -0.2) is 61.6 Å². The largest absolute Gasteiger partial charge is 0.457 e. The van der Waals surface area contributed by atoms with E-state index in [1.54, 1.807) is 19.1 Å². The number of cyclic esters (lactones) is 1. The maximum Gasteiger partial charge on any atom is 0.338 e. The van der Waals surface area contributed by atoms with Gasteiger partial charge >= 0.3 is 5.97 Å². The number of hydrogen-bond acceptors (Lipinski definition) is 9. The Morgan fingerprint density at radius 2 is 2.10 bits per heavy atom. The first-order valence-electron chi connectivity index (χ1n) is 9.81. The van der Waals surface area contributed by atoms with Crippen molar-refractivity contribution in [2.45, 2.75) is 45.0 Å². The molecule has 1 saturated heterocycles.